The summed E-state index contributed by atoms with van der Waals surface area (Å²) in [6.07, 6.45) is 3.09. The van der Waals surface area contributed by atoms with E-state index < -0.39 is 5.60 Å². The van der Waals surface area contributed by atoms with Gasteiger partial charge in [-0.3, -0.25) is 0 Å². The van der Waals surface area contributed by atoms with Crippen molar-refractivity contribution >= 4 is 0 Å². The summed E-state index contributed by atoms with van der Waals surface area (Å²) >= 11 is 0. The van der Waals surface area contributed by atoms with Crippen molar-refractivity contribution in [3.8, 4) is 0 Å². The Kier molecular flexibility index (Phi) is 4.04. The Hall–Kier alpha value is -0.120. The highest BCUT2D eigenvalue weighted by Gasteiger charge is 2.39. The second-order valence-electron chi connectivity index (χ2n) is 6.22. The molecule has 1 N–H and O–H groups in total. The minimum Gasteiger partial charge on any atom is -0.390 e. The van der Waals surface area contributed by atoms with Crippen LogP contribution >= 0.6 is 0 Å². The highest BCUT2D eigenvalue weighted by molar-refractivity contribution is 4.91. The van der Waals surface area contributed by atoms with Gasteiger partial charge in [0, 0.05) is 13.5 Å². The molecule has 0 radical (unpaired) electrons. The summed E-state index contributed by atoms with van der Waals surface area (Å²) in [4.78, 5) is 0. The average molecular weight is 230 g/mol. The Morgan fingerprint density at radius 1 is 1.38 bits per heavy atom. The third-order valence-corrected chi connectivity index (χ3v) is 3.56. The maximum Gasteiger partial charge on any atom is 0.0698 e. The molecule has 96 valence electrons. The number of hydrogen-bond acceptors (Lipinski definition) is 3. The normalized spacial score (nSPS) is 30.4. The molecule has 1 heterocycles. The largest absolute Gasteiger partial charge is 0.390 e. The third kappa shape index (κ3) is 4.04. The van der Waals surface area contributed by atoms with Crippen LogP contribution in [0.5, 0.6) is 0 Å². The van der Waals surface area contributed by atoms with Gasteiger partial charge in [0.05, 0.1) is 23.4 Å². The van der Waals surface area contributed by atoms with Crippen molar-refractivity contribution in [2.24, 2.45) is 0 Å². The van der Waals surface area contributed by atoms with Gasteiger partial charge in [-0.1, -0.05) is 0 Å². The fraction of sp³-hybridized carbons (Fsp3) is 1.00. The summed E-state index contributed by atoms with van der Waals surface area (Å²) in [6, 6.07) is 0. The average Bonchev–Trinajstić information content (AvgIpc) is 2.13. The Labute approximate surface area is 99.1 Å². The Morgan fingerprint density at radius 3 is 2.50 bits per heavy atom. The smallest absolute Gasteiger partial charge is 0.0698 e. The molecule has 16 heavy (non-hydrogen) atoms. The van der Waals surface area contributed by atoms with Crippen LogP contribution < -0.4 is 0 Å². The van der Waals surface area contributed by atoms with Crippen LogP contribution in [0.15, 0.2) is 0 Å². The van der Waals surface area contributed by atoms with Crippen molar-refractivity contribution in [3.05, 3.63) is 0 Å². The first-order valence-corrected chi connectivity index (χ1v) is 6.10. The third-order valence-electron chi connectivity index (χ3n) is 3.56. The summed E-state index contributed by atoms with van der Waals surface area (Å²) < 4.78 is 11.0. The topological polar surface area (TPSA) is 38.7 Å². The molecule has 3 heteroatoms. The molecule has 3 nitrogen and oxygen atoms in total. The van der Waals surface area contributed by atoms with Crippen LogP contribution in [0.4, 0.5) is 0 Å². The van der Waals surface area contributed by atoms with Crippen LogP contribution in [0, 0.1) is 0 Å². The predicted molar refractivity (Wildman–Crippen MR) is 64.5 cm³/mol. The maximum atomic E-state index is 10.5. The fourth-order valence-electron chi connectivity index (χ4n) is 2.30. The van der Waals surface area contributed by atoms with E-state index in [0.29, 0.717) is 13.0 Å². The first-order valence-electron chi connectivity index (χ1n) is 6.10. The van der Waals surface area contributed by atoms with Gasteiger partial charge in [0.1, 0.15) is 0 Å². The van der Waals surface area contributed by atoms with Crippen LogP contribution in [0.2, 0.25) is 0 Å². The lowest BCUT2D eigenvalue weighted by molar-refractivity contribution is -0.151. The van der Waals surface area contributed by atoms with E-state index in [1.54, 1.807) is 7.11 Å². The maximum absolute atomic E-state index is 10.5. The minimum atomic E-state index is -0.586. The van der Waals surface area contributed by atoms with Crippen LogP contribution in [0.25, 0.3) is 0 Å². The number of rotatable bonds is 4. The molecule has 0 aliphatic carbocycles. The summed E-state index contributed by atoms with van der Waals surface area (Å²) in [5.74, 6) is 0. The highest BCUT2D eigenvalue weighted by Crippen LogP contribution is 2.36. The molecule has 1 unspecified atom stereocenters. The van der Waals surface area contributed by atoms with E-state index >= 15 is 0 Å². The molecule has 1 saturated heterocycles. The summed E-state index contributed by atoms with van der Waals surface area (Å²) in [6.45, 7) is 8.84. The molecule has 1 rings (SSSR count). The van der Waals surface area contributed by atoms with Crippen LogP contribution in [-0.2, 0) is 9.47 Å². The molecule has 0 aromatic heterocycles. The van der Waals surface area contributed by atoms with Gasteiger partial charge in [0.25, 0.3) is 0 Å². The zero-order valence-electron chi connectivity index (χ0n) is 11.3. The van der Waals surface area contributed by atoms with E-state index in [9.17, 15) is 5.11 Å². The molecule has 1 aliphatic rings. The van der Waals surface area contributed by atoms with Crippen molar-refractivity contribution in [2.75, 3.05) is 13.7 Å². The van der Waals surface area contributed by atoms with Crippen molar-refractivity contribution in [1.82, 2.24) is 0 Å². The van der Waals surface area contributed by atoms with E-state index in [-0.39, 0.29) is 11.2 Å². The second kappa shape index (κ2) is 4.63. The van der Waals surface area contributed by atoms with Crippen molar-refractivity contribution in [3.63, 3.8) is 0 Å². The first-order chi connectivity index (χ1) is 7.18. The monoisotopic (exact) mass is 230 g/mol. The SMILES string of the molecule is COC(C)(C)CCC1(O)CCOC(C)(C)C1. The van der Waals surface area contributed by atoms with Gasteiger partial charge in [-0.05, 0) is 47.0 Å². The minimum absolute atomic E-state index is 0.155. The highest BCUT2D eigenvalue weighted by atomic mass is 16.5. The van der Waals surface area contributed by atoms with Crippen LogP contribution in [-0.4, -0.2) is 35.6 Å². The fourth-order valence-corrected chi connectivity index (χ4v) is 2.30. The van der Waals surface area contributed by atoms with Crippen molar-refractivity contribution in [1.29, 1.82) is 0 Å². The van der Waals surface area contributed by atoms with E-state index in [4.69, 9.17) is 9.47 Å². The number of ether oxygens (including phenoxy) is 2. The molecule has 0 spiro atoms. The Morgan fingerprint density at radius 2 is 2.00 bits per heavy atom. The number of methoxy groups -OCH3 is 1. The van der Waals surface area contributed by atoms with Gasteiger partial charge in [-0.2, -0.15) is 0 Å². The van der Waals surface area contributed by atoms with Crippen molar-refractivity contribution < 1.29 is 14.6 Å². The lowest BCUT2D eigenvalue weighted by Crippen LogP contribution is -2.46. The van der Waals surface area contributed by atoms with Crippen LogP contribution in [0.3, 0.4) is 0 Å². The van der Waals surface area contributed by atoms with Crippen LogP contribution in [0.1, 0.15) is 53.4 Å². The number of aliphatic hydroxyl groups is 1. The Bertz CT molecular complexity index is 235. The van der Waals surface area contributed by atoms with E-state index in [1.165, 1.54) is 0 Å². The van der Waals surface area contributed by atoms with Gasteiger partial charge in [-0.15, -0.1) is 0 Å². The molecule has 0 saturated carbocycles. The summed E-state index contributed by atoms with van der Waals surface area (Å²) in [5, 5.41) is 10.5. The Balaban J connectivity index is 2.52. The van der Waals surface area contributed by atoms with E-state index in [1.807, 2.05) is 13.8 Å². The zero-order chi connectivity index (χ0) is 12.4. The number of hydrogen-bond donors (Lipinski definition) is 1. The van der Waals surface area contributed by atoms with Gasteiger partial charge in [0.15, 0.2) is 0 Å². The van der Waals surface area contributed by atoms with Crippen molar-refractivity contribution in [2.45, 2.75) is 70.2 Å². The van der Waals surface area contributed by atoms with Gasteiger partial charge < -0.3 is 14.6 Å². The summed E-state index contributed by atoms with van der Waals surface area (Å²) in [5.41, 5.74) is -0.945. The zero-order valence-corrected chi connectivity index (χ0v) is 11.3. The molecule has 0 bridgehead atoms. The molecule has 0 aromatic carbocycles. The van der Waals surface area contributed by atoms with Gasteiger partial charge >= 0.3 is 0 Å². The van der Waals surface area contributed by atoms with Gasteiger partial charge in [-0.25, -0.2) is 0 Å². The molecule has 1 fully saturated rings. The second-order valence-corrected chi connectivity index (χ2v) is 6.22. The first kappa shape index (κ1) is 13.9. The lowest BCUT2D eigenvalue weighted by Gasteiger charge is -2.42. The molecular formula is C13H26O3. The molecule has 1 aliphatic heterocycles. The molecule has 0 amide bonds. The lowest BCUT2D eigenvalue weighted by atomic mass is 9.79. The standard InChI is InChI=1S/C13H26O3/c1-11(2,15-5)6-7-13(14)8-9-16-12(3,4)10-13/h14H,6-10H2,1-5H3. The molecular weight excluding hydrogens is 204 g/mol. The van der Waals surface area contributed by atoms with Gasteiger partial charge in [0.2, 0.25) is 0 Å². The molecule has 1 atom stereocenters. The quantitative estimate of drug-likeness (QED) is 0.806. The summed E-state index contributed by atoms with van der Waals surface area (Å²) in [7, 11) is 1.72. The van der Waals surface area contributed by atoms with E-state index in [2.05, 4.69) is 13.8 Å². The molecule has 0 aromatic rings. The van der Waals surface area contributed by atoms with E-state index in [0.717, 1.165) is 19.3 Å². The predicted octanol–water partition coefficient (Wildman–Crippen LogP) is 2.51.